The Morgan fingerprint density at radius 3 is 2.53 bits per heavy atom. The maximum atomic E-state index is 5.84. The standard InChI is InChI=1S/C10H9ClN2.2ClH/c1-6-9(12)4-7-2-3-8(11)5-10(7)13-6;;/h2-5H,12H2,1H3;2*1H. The van der Waals surface area contributed by atoms with Crippen molar-refractivity contribution in [1.82, 2.24) is 4.98 Å². The van der Waals surface area contributed by atoms with E-state index in [1.165, 1.54) is 0 Å². The highest BCUT2D eigenvalue weighted by atomic mass is 35.5. The van der Waals surface area contributed by atoms with Crippen LogP contribution in [-0.4, -0.2) is 4.98 Å². The summed E-state index contributed by atoms with van der Waals surface area (Å²) in [5.74, 6) is 0. The SMILES string of the molecule is Cc1nc2cc(Cl)ccc2cc1N.Cl.Cl. The van der Waals surface area contributed by atoms with Crippen LogP contribution in [0.25, 0.3) is 10.9 Å². The molecule has 82 valence electrons. The van der Waals surface area contributed by atoms with Gasteiger partial charge in [-0.2, -0.15) is 0 Å². The molecule has 2 N–H and O–H groups in total. The number of nitrogens with zero attached hydrogens (tertiary/aromatic N) is 1. The molecule has 5 heteroatoms. The quantitative estimate of drug-likeness (QED) is 0.790. The highest BCUT2D eigenvalue weighted by Crippen LogP contribution is 2.21. The minimum absolute atomic E-state index is 0. The molecule has 0 fully saturated rings. The molecule has 0 radical (unpaired) electrons. The van der Waals surface area contributed by atoms with E-state index in [-0.39, 0.29) is 24.8 Å². The van der Waals surface area contributed by atoms with Gasteiger partial charge in [0.05, 0.1) is 16.9 Å². The van der Waals surface area contributed by atoms with Crippen LogP contribution in [0.5, 0.6) is 0 Å². The monoisotopic (exact) mass is 264 g/mol. The molecule has 2 aromatic rings. The summed E-state index contributed by atoms with van der Waals surface area (Å²) in [6.07, 6.45) is 0. The number of halogens is 3. The molecule has 0 spiro atoms. The van der Waals surface area contributed by atoms with E-state index in [1.54, 1.807) is 0 Å². The Morgan fingerprint density at radius 1 is 1.20 bits per heavy atom. The number of benzene rings is 1. The summed E-state index contributed by atoms with van der Waals surface area (Å²) < 4.78 is 0. The second kappa shape index (κ2) is 5.40. The van der Waals surface area contributed by atoms with E-state index in [0.717, 1.165) is 22.3 Å². The summed E-state index contributed by atoms with van der Waals surface area (Å²) in [5, 5.41) is 1.72. The fraction of sp³-hybridized carbons (Fsp3) is 0.100. The molecular formula is C10H11Cl3N2. The number of hydrogen-bond donors (Lipinski definition) is 1. The molecule has 0 aliphatic carbocycles. The van der Waals surface area contributed by atoms with Crippen molar-refractivity contribution in [1.29, 1.82) is 0 Å². The molecular weight excluding hydrogens is 254 g/mol. The van der Waals surface area contributed by atoms with Crippen LogP contribution in [0.4, 0.5) is 5.69 Å². The minimum atomic E-state index is 0. The molecule has 0 aliphatic rings. The maximum Gasteiger partial charge on any atom is 0.0721 e. The van der Waals surface area contributed by atoms with Gasteiger partial charge in [-0.3, -0.25) is 4.98 Å². The van der Waals surface area contributed by atoms with Crippen molar-refractivity contribution in [2.45, 2.75) is 6.92 Å². The molecule has 0 saturated carbocycles. The van der Waals surface area contributed by atoms with E-state index in [4.69, 9.17) is 17.3 Å². The van der Waals surface area contributed by atoms with Crippen LogP contribution in [-0.2, 0) is 0 Å². The number of hydrogen-bond acceptors (Lipinski definition) is 2. The number of anilines is 1. The molecule has 1 aromatic carbocycles. The van der Waals surface area contributed by atoms with E-state index in [0.29, 0.717) is 5.02 Å². The van der Waals surface area contributed by atoms with E-state index < -0.39 is 0 Å². The van der Waals surface area contributed by atoms with Crippen LogP contribution in [0.2, 0.25) is 5.02 Å². The maximum absolute atomic E-state index is 5.84. The first-order chi connectivity index (χ1) is 6.16. The van der Waals surface area contributed by atoms with Crippen molar-refractivity contribution < 1.29 is 0 Å². The molecule has 0 atom stereocenters. The fourth-order valence-corrected chi connectivity index (χ4v) is 1.42. The molecule has 0 amide bonds. The molecule has 0 saturated heterocycles. The Kier molecular flexibility index (Phi) is 5.15. The molecule has 0 bridgehead atoms. The lowest BCUT2D eigenvalue weighted by atomic mass is 10.2. The Morgan fingerprint density at radius 2 is 1.87 bits per heavy atom. The van der Waals surface area contributed by atoms with Crippen LogP contribution in [0.1, 0.15) is 5.69 Å². The predicted molar refractivity (Wildman–Crippen MR) is 70.4 cm³/mol. The van der Waals surface area contributed by atoms with E-state index >= 15 is 0 Å². The summed E-state index contributed by atoms with van der Waals surface area (Å²) in [7, 11) is 0. The van der Waals surface area contributed by atoms with Crippen molar-refractivity contribution in [2.24, 2.45) is 0 Å². The first-order valence-corrected chi connectivity index (χ1v) is 4.37. The van der Waals surface area contributed by atoms with Gasteiger partial charge in [-0.05, 0) is 25.1 Å². The van der Waals surface area contributed by atoms with Gasteiger partial charge in [0.15, 0.2) is 0 Å². The molecule has 1 aromatic heterocycles. The highest BCUT2D eigenvalue weighted by Gasteiger charge is 1.99. The third kappa shape index (κ3) is 2.88. The van der Waals surface area contributed by atoms with Crippen LogP contribution < -0.4 is 5.73 Å². The summed E-state index contributed by atoms with van der Waals surface area (Å²) in [4.78, 5) is 4.33. The van der Waals surface area contributed by atoms with Gasteiger partial charge in [-0.1, -0.05) is 17.7 Å². The number of fused-ring (bicyclic) bond motifs is 1. The number of aromatic nitrogens is 1. The van der Waals surface area contributed by atoms with Crippen LogP contribution >= 0.6 is 36.4 Å². The van der Waals surface area contributed by atoms with Crippen molar-refractivity contribution in [2.75, 3.05) is 5.73 Å². The third-order valence-corrected chi connectivity index (χ3v) is 2.24. The molecule has 1 heterocycles. The number of pyridine rings is 1. The van der Waals surface area contributed by atoms with Crippen molar-refractivity contribution in [3.63, 3.8) is 0 Å². The largest absolute Gasteiger partial charge is 0.397 e. The molecule has 0 aliphatic heterocycles. The fourth-order valence-electron chi connectivity index (χ4n) is 1.25. The molecule has 2 rings (SSSR count). The van der Waals surface area contributed by atoms with Crippen LogP contribution in [0.3, 0.4) is 0 Å². The summed E-state index contributed by atoms with van der Waals surface area (Å²) in [6.45, 7) is 1.88. The van der Waals surface area contributed by atoms with Crippen molar-refractivity contribution in [3.05, 3.63) is 35.0 Å². The Bertz CT molecular complexity index is 471. The van der Waals surface area contributed by atoms with Crippen molar-refractivity contribution >= 4 is 53.0 Å². The second-order valence-corrected chi connectivity index (χ2v) is 3.44. The molecule has 15 heavy (non-hydrogen) atoms. The topological polar surface area (TPSA) is 38.9 Å². The Hall–Kier alpha value is -0.700. The van der Waals surface area contributed by atoms with E-state index in [2.05, 4.69) is 4.98 Å². The van der Waals surface area contributed by atoms with Crippen LogP contribution in [0.15, 0.2) is 24.3 Å². The average molecular weight is 266 g/mol. The zero-order valence-corrected chi connectivity index (χ0v) is 10.4. The van der Waals surface area contributed by atoms with Gasteiger partial charge in [0.2, 0.25) is 0 Å². The smallest absolute Gasteiger partial charge is 0.0721 e. The Labute approximate surface area is 106 Å². The normalized spacial score (nSPS) is 9.20. The lowest BCUT2D eigenvalue weighted by Crippen LogP contribution is -1.92. The highest BCUT2D eigenvalue weighted by molar-refractivity contribution is 6.31. The molecule has 2 nitrogen and oxygen atoms in total. The van der Waals surface area contributed by atoms with Gasteiger partial charge in [-0.15, -0.1) is 24.8 Å². The van der Waals surface area contributed by atoms with Gasteiger partial charge >= 0.3 is 0 Å². The van der Waals surface area contributed by atoms with Gasteiger partial charge in [0, 0.05) is 10.4 Å². The number of nitrogens with two attached hydrogens (primary N) is 1. The van der Waals surface area contributed by atoms with Gasteiger partial charge in [0.1, 0.15) is 0 Å². The summed E-state index contributed by atoms with van der Waals surface area (Å²) in [6, 6.07) is 7.50. The number of rotatable bonds is 0. The minimum Gasteiger partial charge on any atom is -0.397 e. The lowest BCUT2D eigenvalue weighted by Gasteiger charge is -2.02. The average Bonchev–Trinajstić information content (AvgIpc) is 2.08. The van der Waals surface area contributed by atoms with Crippen LogP contribution in [0, 0.1) is 6.92 Å². The first kappa shape index (κ1) is 14.3. The number of nitrogen functional groups attached to an aromatic ring is 1. The summed E-state index contributed by atoms with van der Waals surface area (Å²) in [5.41, 5.74) is 8.18. The van der Waals surface area contributed by atoms with Gasteiger partial charge < -0.3 is 5.73 Å². The zero-order valence-electron chi connectivity index (χ0n) is 8.03. The third-order valence-electron chi connectivity index (χ3n) is 2.01. The zero-order chi connectivity index (χ0) is 9.42. The van der Waals surface area contributed by atoms with Gasteiger partial charge in [0.25, 0.3) is 0 Å². The molecule has 0 unspecified atom stereocenters. The van der Waals surface area contributed by atoms with Crippen molar-refractivity contribution in [3.8, 4) is 0 Å². The lowest BCUT2D eigenvalue weighted by molar-refractivity contribution is 1.26. The first-order valence-electron chi connectivity index (χ1n) is 3.99. The Balaban J connectivity index is 0.000000980. The summed E-state index contributed by atoms with van der Waals surface area (Å²) >= 11 is 5.84. The second-order valence-electron chi connectivity index (χ2n) is 3.00. The van der Waals surface area contributed by atoms with Gasteiger partial charge in [-0.25, -0.2) is 0 Å². The van der Waals surface area contributed by atoms with E-state index in [1.807, 2.05) is 31.2 Å². The van der Waals surface area contributed by atoms with E-state index in [9.17, 15) is 0 Å². The number of aryl methyl sites for hydroxylation is 1. The predicted octanol–water partition coefficient (Wildman–Crippen LogP) is 3.62.